The second-order valence-corrected chi connectivity index (χ2v) is 3.41. The highest BCUT2D eigenvalue weighted by molar-refractivity contribution is 7.48. The Morgan fingerprint density at radius 3 is 2.55 bits per heavy atom. The maximum atomic E-state index is 11.2. The van der Waals surface area contributed by atoms with E-state index >= 15 is 0 Å². The van der Waals surface area contributed by atoms with E-state index in [0.717, 1.165) is 0 Å². The monoisotopic (exact) mass is 180 g/mol. The summed E-state index contributed by atoms with van der Waals surface area (Å²) in [7, 11) is -2.01. The van der Waals surface area contributed by atoms with Crippen molar-refractivity contribution < 1.29 is 18.1 Å². The minimum Gasteiger partial charge on any atom is -0.290 e. The van der Waals surface area contributed by atoms with Gasteiger partial charge in [0.25, 0.3) is 0 Å². The van der Waals surface area contributed by atoms with Crippen molar-refractivity contribution in [1.82, 2.24) is 0 Å². The lowest BCUT2D eigenvalue weighted by molar-refractivity contribution is 0.147. The highest BCUT2D eigenvalue weighted by Crippen LogP contribution is 2.48. The molecule has 1 unspecified atom stereocenters. The van der Waals surface area contributed by atoms with Gasteiger partial charge in [-0.15, -0.1) is 6.58 Å². The zero-order valence-electron chi connectivity index (χ0n) is 6.78. The summed E-state index contributed by atoms with van der Waals surface area (Å²) < 4.78 is 25.3. The van der Waals surface area contributed by atoms with E-state index in [1.54, 1.807) is 6.92 Å². The molecule has 0 N–H and O–H groups in total. The van der Waals surface area contributed by atoms with Crippen LogP contribution in [0.4, 0.5) is 0 Å². The van der Waals surface area contributed by atoms with E-state index in [-0.39, 0.29) is 6.61 Å². The van der Waals surface area contributed by atoms with Gasteiger partial charge in [0.05, 0.1) is 13.2 Å². The van der Waals surface area contributed by atoms with Crippen molar-refractivity contribution in [2.75, 3.05) is 20.3 Å². The van der Waals surface area contributed by atoms with E-state index < -0.39 is 7.82 Å². The van der Waals surface area contributed by atoms with Gasteiger partial charge in [-0.05, 0) is 6.92 Å². The first-order valence-corrected chi connectivity index (χ1v) is 4.70. The first kappa shape index (κ1) is 10.8. The van der Waals surface area contributed by atoms with Crippen LogP contribution in [0, 0.1) is 0 Å². The second kappa shape index (κ2) is 5.49. The first-order chi connectivity index (χ1) is 5.18. The minimum atomic E-state index is -3.29. The summed E-state index contributed by atoms with van der Waals surface area (Å²) in [5, 5.41) is 0. The Bertz CT molecular complexity index is 157. The third-order valence-electron chi connectivity index (χ3n) is 0.861. The fourth-order valence-corrected chi connectivity index (χ4v) is 1.33. The van der Waals surface area contributed by atoms with E-state index in [2.05, 4.69) is 11.1 Å². The van der Waals surface area contributed by atoms with Crippen LogP contribution in [-0.2, 0) is 18.1 Å². The summed E-state index contributed by atoms with van der Waals surface area (Å²) >= 11 is 0. The van der Waals surface area contributed by atoms with E-state index in [9.17, 15) is 4.57 Å². The van der Waals surface area contributed by atoms with Gasteiger partial charge >= 0.3 is 7.82 Å². The minimum absolute atomic E-state index is 0.158. The van der Waals surface area contributed by atoms with Gasteiger partial charge in [-0.1, -0.05) is 6.08 Å². The average molecular weight is 180 g/mol. The predicted octanol–water partition coefficient (Wildman–Crippen LogP) is 1.98. The fraction of sp³-hybridized carbons (Fsp3) is 0.667. The first-order valence-electron chi connectivity index (χ1n) is 3.24. The largest absolute Gasteiger partial charge is 0.474 e. The van der Waals surface area contributed by atoms with Crippen LogP contribution in [-0.4, -0.2) is 20.3 Å². The van der Waals surface area contributed by atoms with Crippen molar-refractivity contribution in [2.24, 2.45) is 0 Å². The lowest BCUT2D eigenvalue weighted by atomic mass is 10.7. The molecule has 0 heterocycles. The van der Waals surface area contributed by atoms with Gasteiger partial charge in [0.1, 0.15) is 0 Å². The molecule has 0 aromatic heterocycles. The predicted molar refractivity (Wildman–Crippen MR) is 42.4 cm³/mol. The third-order valence-corrected chi connectivity index (χ3v) is 2.35. The molecule has 66 valence electrons. The summed E-state index contributed by atoms with van der Waals surface area (Å²) in [5.74, 6) is 0. The number of hydrogen-bond donors (Lipinski definition) is 0. The summed E-state index contributed by atoms with van der Waals surface area (Å²) in [6, 6.07) is 0. The smallest absolute Gasteiger partial charge is 0.290 e. The van der Waals surface area contributed by atoms with Gasteiger partial charge in [0.15, 0.2) is 0 Å². The zero-order chi connectivity index (χ0) is 8.74. The van der Waals surface area contributed by atoms with Gasteiger partial charge in [0, 0.05) is 7.11 Å². The highest BCUT2D eigenvalue weighted by Gasteiger charge is 2.22. The molecule has 0 fully saturated rings. The lowest BCUT2D eigenvalue weighted by Gasteiger charge is -2.12. The SMILES string of the molecule is C=CCOP(=O)(OC)OCC. The molecule has 0 aliphatic carbocycles. The summed E-state index contributed by atoms with van der Waals surface area (Å²) in [4.78, 5) is 0. The molecule has 0 aliphatic heterocycles. The molecule has 0 bridgehead atoms. The van der Waals surface area contributed by atoms with Gasteiger partial charge in [-0.2, -0.15) is 0 Å². The highest BCUT2D eigenvalue weighted by atomic mass is 31.2. The molecule has 0 spiro atoms. The Morgan fingerprint density at radius 1 is 1.55 bits per heavy atom. The molecule has 0 rings (SSSR count). The standard InChI is InChI=1S/C6H13O4P/c1-4-6-10-11(7,8-3)9-5-2/h4H,1,5-6H2,2-3H3. The van der Waals surface area contributed by atoms with Gasteiger partial charge < -0.3 is 0 Å². The molecular weight excluding hydrogens is 167 g/mol. The van der Waals surface area contributed by atoms with Crippen LogP contribution < -0.4 is 0 Å². The van der Waals surface area contributed by atoms with Crippen LogP contribution in [0.25, 0.3) is 0 Å². The number of rotatable bonds is 6. The molecule has 0 saturated heterocycles. The zero-order valence-corrected chi connectivity index (χ0v) is 7.67. The Kier molecular flexibility index (Phi) is 5.42. The molecule has 0 aromatic carbocycles. The van der Waals surface area contributed by atoms with Crippen LogP contribution in [0.5, 0.6) is 0 Å². The van der Waals surface area contributed by atoms with Crippen molar-refractivity contribution in [2.45, 2.75) is 6.92 Å². The van der Waals surface area contributed by atoms with Crippen LogP contribution in [0.2, 0.25) is 0 Å². The average Bonchev–Trinajstić information content (AvgIpc) is 2.02. The molecular formula is C6H13O4P. The van der Waals surface area contributed by atoms with E-state index in [1.165, 1.54) is 13.2 Å². The molecule has 0 aliphatic rings. The Balaban J connectivity index is 3.88. The second-order valence-electron chi connectivity index (χ2n) is 1.63. The maximum Gasteiger partial charge on any atom is 0.474 e. The Morgan fingerprint density at radius 2 is 2.18 bits per heavy atom. The number of phosphoric acid groups is 1. The molecule has 0 aromatic rings. The van der Waals surface area contributed by atoms with Crippen molar-refractivity contribution in [3.8, 4) is 0 Å². The summed E-state index contributed by atoms with van der Waals surface area (Å²) in [6.07, 6.45) is 1.48. The molecule has 4 nitrogen and oxygen atoms in total. The van der Waals surface area contributed by atoms with E-state index in [0.29, 0.717) is 6.61 Å². The Hall–Kier alpha value is -0.150. The molecule has 1 atom stereocenters. The lowest BCUT2D eigenvalue weighted by Crippen LogP contribution is -1.97. The van der Waals surface area contributed by atoms with E-state index in [4.69, 9.17) is 9.05 Å². The van der Waals surface area contributed by atoms with Crippen LogP contribution in [0.15, 0.2) is 12.7 Å². The van der Waals surface area contributed by atoms with Gasteiger partial charge in [-0.25, -0.2) is 4.57 Å². The van der Waals surface area contributed by atoms with E-state index in [1.807, 2.05) is 0 Å². The summed E-state index contributed by atoms with van der Waals surface area (Å²) in [6.45, 7) is 5.56. The van der Waals surface area contributed by atoms with Gasteiger partial charge in [-0.3, -0.25) is 13.6 Å². The number of phosphoric ester groups is 1. The topological polar surface area (TPSA) is 44.8 Å². The molecule has 11 heavy (non-hydrogen) atoms. The van der Waals surface area contributed by atoms with Crippen LogP contribution in [0.1, 0.15) is 6.92 Å². The van der Waals surface area contributed by atoms with Crippen LogP contribution in [0.3, 0.4) is 0 Å². The maximum absolute atomic E-state index is 11.2. The number of hydrogen-bond acceptors (Lipinski definition) is 4. The molecule has 5 heteroatoms. The molecule has 0 radical (unpaired) electrons. The van der Waals surface area contributed by atoms with Crippen molar-refractivity contribution in [3.05, 3.63) is 12.7 Å². The van der Waals surface area contributed by atoms with Crippen LogP contribution >= 0.6 is 7.82 Å². The van der Waals surface area contributed by atoms with Gasteiger partial charge in [0.2, 0.25) is 0 Å². The van der Waals surface area contributed by atoms with Crippen molar-refractivity contribution in [1.29, 1.82) is 0 Å². The fourth-order valence-electron chi connectivity index (χ4n) is 0.445. The van der Waals surface area contributed by atoms with Crippen molar-refractivity contribution >= 4 is 7.82 Å². The normalized spacial score (nSPS) is 15.8. The molecule has 0 amide bonds. The summed E-state index contributed by atoms with van der Waals surface area (Å²) in [5.41, 5.74) is 0. The third kappa shape index (κ3) is 4.32. The molecule has 0 saturated carbocycles. The Labute approximate surface area is 66.8 Å². The van der Waals surface area contributed by atoms with Crippen molar-refractivity contribution in [3.63, 3.8) is 0 Å². The quantitative estimate of drug-likeness (QED) is 0.463.